The fraction of sp³-hybridized carbons (Fsp3) is 0.292. The Balaban J connectivity index is 1.78. The van der Waals surface area contributed by atoms with Crippen LogP contribution in [-0.4, -0.2) is 19.7 Å². The molecule has 0 radical (unpaired) electrons. The van der Waals surface area contributed by atoms with Crippen LogP contribution in [0.5, 0.6) is 0 Å². The lowest BCUT2D eigenvalue weighted by atomic mass is 10.0. The molecule has 6 rings (SSSR count). The van der Waals surface area contributed by atoms with Gasteiger partial charge in [-0.2, -0.15) is 0 Å². The lowest BCUT2D eigenvalue weighted by Gasteiger charge is -2.17. The summed E-state index contributed by atoms with van der Waals surface area (Å²) in [4.78, 5) is 44.0. The van der Waals surface area contributed by atoms with Crippen molar-refractivity contribution in [2.45, 2.75) is 44.6 Å². The number of H-pyrrole nitrogens is 3. The van der Waals surface area contributed by atoms with E-state index in [9.17, 15) is 14.4 Å². The van der Waals surface area contributed by atoms with Crippen molar-refractivity contribution in [1.29, 1.82) is 0 Å². The highest BCUT2D eigenvalue weighted by atomic mass is 16.3. The van der Waals surface area contributed by atoms with E-state index in [1.807, 2.05) is 4.68 Å². The van der Waals surface area contributed by atoms with Crippen LogP contribution in [0.1, 0.15) is 44.6 Å². The van der Waals surface area contributed by atoms with Crippen LogP contribution >= 0.6 is 0 Å². The first-order chi connectivity index (χ1) is 15.6. The molecule has 1 saturated carbocycles. The Morgan fingerprint density at radius 2 is 1.78 bits per heavy atom. The molecular weight excluding hydrogens is 408 g/mol. The molecule has 8 nitrogen and oxygen atoms in total. The molecule has 1 aliphatic rings. The topological polar surface area (TPSA) is 117 Å². The Morgan fingerprint density at radius 1 is 0.969 bits per heavy atom. The van der Waals surface area contributed by atoms with Crippen LogP contribution in [0.4, 0.5) is 0 Å². The molecule has 32 heavy (non-hydrogen) atoms. The molecule has 5 aromatic rings. The first-order valence-electron chi connectivity index (χ1n) is 11.0. The summed E-state index contributed by atoms with van der Waals surface area (Å²) in [7, 11) is 0. The van der Waals surface area contributed by atoms with Crippen molar-refractivity contribution in [2.24, 2.45) is 0 Å². The van der Waals surface area contributed by atoms with Crippen molar-refractivity contribution in [3.63, 3.8) is 0 Å². The average molecular weight is 430 g/mol. The molecule has 0 atom stereocenters. The van der Waals surface area contributed by atoms with Gasteiger partial charge in [-0.1, -0.05) is 25.7 Å². The molecule has 1 aliphatic carbocycles. The normalized spacial score (nSPS) is 15.6. The number of aromatic nitrogens is 4. The monoisotopic (exact) mass is 430 g/mol. The van der Waals surface area contributed by atoms with Gasteiger partial charge < -0.3 is 14.4 Å². The Labute approximate surface area is 180 Å². The summed E-state index contributed by atoms with van der Waals surface area (Å²) in [5.74, 6) is 0. The lowest BCUT2D eigenvalue weighted by molar-refractivity contribution is 0.413. The van der Waals surface area contributed by atoms with Crippen molar-refractivity contribution in [3.05, 3.63) is 67.5 Å². The van der Waals surface area contributed by atoms with Crippen molar-refractivity contribution in [1.82, 2.24) is 19.7 Å². The summed E-state index contributed by atoms with van der Waals surface area (Å²) in [6.07, 6.45) is 8.14. The van der Waals surface area contributed by atoms with Crippen molar-refractivity contribution in [2.75, 3.05) is 0 Å². The van der Waals surface area contributed by atoms with Crippen molar-refractivity contribution >= 4 is 33.1 Å². The summed E-state index contributed by atoms with van der Waals surface area (Å²) in [5.41, 5.74) is 2.14. The number of furan rings is 1. The number of pyridine rings is 2. The van der Waals surface area contributed by atoms with Gasteiger partial charge >= 0.3 is 0 Å². The zero-order valence-electron chi connectivity index (χ0n) is 17.4. The molecule has 0 unspecified atom stereocenters. The largest absolute Gasteiger partial charge is 0.454 e. The molecule has 0 spiro atoms. The van der Waals surface area contributed by atoms with Gasteiger partial charge in [0.1, 0.15) is 11.2 Å². The molecule has 1 fully saturated rings. The van der Waals surface area contributed by atoms with Crippen LogP contribution in [0.2, 0.25) is 0 Å². The summed E-state index contributed by atoms with van der Waals surface area (Å²) in [5, 5.41) is 4.15. The number of benzene rings is 1. The average Bonchev–Trinajstić information content (AvgIpc) is 3.16. The molecule has 162 valence electrons. The highest BCUT2D eigenvalue weighted by molar-refractivity contribution is 6.14. The zero-order valence-corrected chi connectivity index (χ0v) is 17.4. The van der Waals surface area contributed by atoms with E-state index in [1.165, 1.54) is 25.0 Å². The second-order valence-corrected chi connectivity index (χ2v) is 8.56. The highest BCUT2D eigenvalue weighted by Gasteiger charge is 2.25. The number of hydrogen-bond acceptors (Lipinski definition) is 4. The molecule has 0 aliphatic heterocycles. The summed E-state index contributed by atoms with van der Waals surface area (Å²) < 4.78 is 8.00. The molecule has 4 aromatic heterocycles. The smallest absolute Gasteiger partial charge is 0.274 e. The van der Waals surface area contributed by atoms with Gasteiger partial charge in [-0.05, 0) is 37.1 Å². The van der Waals surface area contributed by atoms with Gasteiger partial charge in [0, 0.05) is 23.2 Å². The van der Waals surface area contributed by atoms with E-state index in [0.29, 0.717) is 38.8 Å². The second kappa shape index (κ2) is 7.12. The third-order valence-electron chi connectivity index (χ3n) is 6.59. The number of nitrogens with one attached hydrogen (secondary N) is 3. The van der Waals surface area contributed by atoms with Crippen LogP contribution in [0.3, 0.4) is 0 Å². The van der Waals surface area contributed by atoms with Gasteiger partial charge in [0.15, 0.2) is 11.0 Å². The Morgan fingerprint density at radius 3 is 2.56 bits per heavy atom. The molecule has 3 N–H and O–H groups in total. The molecule has 4 heterocycles. The molecular formula is C24H22N4O4. The van der Waals surface area contributed by atoms with Crippen LogP contribution in [0.25, 0.3) is 44.2 Å². The van der Waals surface area contributed by atoms with Crippen LogP contribution in [0, 0.1) is 0 Å². The van der Waals surface area contributed by atoms with E-state index in [1.54, 1.807) is 24.4 Å². The van der Waals surface area contributed by atoms with Gasteiger partial charge in [-0.15, -0.1) is 0 Å². The number of nitrogens with zero attached hydrogens (tertiary/aromatic N) is 1. The van der Waals surface area contributed by atoms with E-state index in [4.69, 9.17) is 4.42 Å². The van der Waals surface area contributed by atoms with Gasteiger partial charge in [-0.25, -0.2) is 0 Å². The van der Waals surface area contributed by atoms with Gasteiger partial charge in [0.05, 0.1) is 22.5 Å². The SMILES string of the molecule is O=c1ccc2c(c1)oc1c(-c3ccc[nH]c3=O)c3c(=O)[nH]n(C4CCCCCC4)c3[nH]c12. The van der Waals surface area contributed by atoms with E-state index >= 15 is 0 Å². The number of rotatable bonds is 2. The van der Waals surface area contributed by atoms with E-state index < -0.39 is 0 Å². The molecule has 0 saturated heterocycles. The maximum atomic E-state index is 13.2. The highest BCUT2D eigenvalue weighted by Crippen LogP contribution is 2.38. The Kier molecular flexibility index (Phi) is 4.21. The van der Waals surface area contributed by atoms with Crippen LogP contribution in [0.15, 0.2) is 55.3 Å². The zero-order chi connectivity index (χ0) is 21.8. The minimum absolute atomic E-state index is 0.166. The molecule has 1 aromatic carbocycles. The lowest BCUT2D eigenvalue weighted by Crippen LogP contribution is -2.13. The Bertz CT molecular complexity index is 1660. The number of hydrogen-bond donors (Lipinski definition) is 3. The molecule has 0 bridgehead atoms. The summed E-state index contributed by atoms with van der Waals surface area (Å²) >= 11 is 0. The van der Waals surface area contributed by atoms with E-state index in [0.717, 1.165) is 31.1 Å². The standard InChI is InChI=1S/C24H22N4O4/c29-14-9-10-15-17(12-14)32-21-18(16-8-5-11-25-23(16)30)19-22(26-20(15)21)28(27-24(19)31)13-6-3-1-2-4-7-13/h5,8-13,26H,1-4,6-7H2,(H,25,30)(H,27,31). The van der Waals surface area contributed by atoms with Gasteiger partial charge in [0.25, 0.3) is 11.1 Å². The predicted octanol–water partition coefficient (Wildman–Crippen LogP) is 4.17. The van der Waals surface area contributed by atoms with Gasteiger partial charge in [-0.3, -0.25) is 24.2 Å². The minimum atomic E-state index is -0.312. The van der Waals surface area contributed by atoms with Crippen molar-refractivity contribution < 1.29 is 4.42 Å². The number of aromatic amines is 3. The number of fused-ring (bicyclic) bond motifs is 4. The fourth-order valence-corrected chi connectivity index (χ4v) is 5.08. The van der Waals surface area contributed by atoms with Crippen LogP contribution < -0.4 is 16.5 Å². The van der Waals surface area contributed by atoms with Crippen LogP contribution in [-0.2, 0) is 0 Å². The third kappa shape index (κ3) is 2.79. The molecule has 0 amide bonds. The predicted molar refractivity (Wildman–Crippen MR) is 123 cm³/mol. The van der Waals surface area contributed by atoms with E-state index in [2.05, 4.69) is 15.1 Å². The molecule has 8 heteroatoms. The fourth-order valence-electron chi connectivity index (χ4n) is 5.08. The van der Waals surface area contributed by atoms with Gasteiger partial charge in [0.2, 0.25) is 0 Å². The minimum Gasteiger partial charge on any atom is -0.454 e. The summed E-state index contributed by atoms with van der Waals surface area (Å²) in [6.45, 7) is 0. The summed E-state index contributed by atoms with van der Waals surface area (Å²) in [6, 6.07) is 8.20. The maximum Gasteiger partial charge on any atom is 0.274 e. The second-order valence-electron chi connectivity index (χ2n) is 8.56. The third-order valence-corrected chi connectivity index (χ3v) is 6.59. The van der Waals surface area contributed by atoms with Crippen molar-refractivity contribution in [3.8, 4) is 11.1 Å². The Hall–Kier alpha value is -3.81. The first kappa shape index (κ1) is 18.9. The van der Waals surface area contributed by atoms with E-state index in [-0.39, 0.29) is 22.6 Å². The quantitative estimate of drug-likeness (QED) is 0.364. The maximum absolute atomic E-state index is 13.2. The first-order valence-corrected chi connectivity index (χ1v) is 11.0.